The first kappa shape index (κ1) is 45.8. The number of fused-ring (bicyclic) bond motifs is 6. The highest BCUT2D eigenvalue weighted by molar-refractivity contribution is 8.04. The molecule has 0 saturated heterocycles. The van der Waals surface area contributed by atoms with Gasteiger partial charge in [0.25, 0.3) is 22.5 Å². The average Bonchev–Trinajstić information content (AvgIpc) is 3.28. The number of nitro benzene ring substituents is 2. The van der Waals surface area contributed by atoms with Gasteiger partial charge >= 0.3 is 11.4 Å². The molecule has 20 nitrogen and oxygen atoms in total. The molecule has 0 aliphatic heterocycles. The van der Waals surface area contributed by atoms with Gasteiger partial charge in [-0.25, -0.2) is 19.6 Å². The van der Waals surface area contributed by atoms with E-state index < -0.39 is 49.7 Å². The number of pyridine rings is 2. The van der Waals surface area contributed by atoms with Crippen LogP contribution >= 0.6 is 24.4 Å². The number of aromatic nitrogens is 6. The largest absolute Gasteiger partial charge is 0.332 e. The number of thioether (sulfide) groups is 1. The summed E-state index contributed by atoms with van der Waals surface area (Å²) in [6, 6.07) is 11.6. The van der Waals surface area contributed by atoms with Crippen molar-refractivity contribution in [1.82, 2.24) is 28.2 Å². The monoisotopic (exact) mass is 906 g/mol. The second-order valence-electron chi connectivity index (χ2n) is 14.0. The molecule has 0 spiro atoms. The Hall–Kier alpha value is -7.72. The number of benzene rings is 2. The number of aryl methyl sites for hydroxylation is 4. The van der Waals surface area contributed by atoms with E-state index in [1.165, 1.54) is 79.8 Å². The molecule has 22 heteroatoms. The molecule has 64 heavy (non-hydrogen) atoms. The highest BCUT2D eigenvalue weighted by atomic mass is 32.2. The fourth-order valence-corrected chi connectivity index (χ4v) is 7.93. The van der Waals surface area contributed by atoms with E-state index in [2.05, 4.69) is 22.6 Å². The Labute approximate surface area is 368 Å². The number of carbonyl (C=O) groups excluding carboxylic acids is 4. The molecule has 0 N–H and O–H groups in total. The lowest BCUT2D eigenvalue weighted by atomic mass is 9.90. The predicted molar refractivity (Wildman–Crippen MR) is 237 cm³/mol. The van der Waals surface area contributed by atoms with Gasteiger partial charge in [0.1, 0.15) is 11.3 Å². The van der Waals surface area contributed by atoms with Crippen molar-refractivity contribution in [2.45, 2.75) is 36.5 Å². The van der Waals surface area contributed by atoms with Gasteiger partial charge in [-0.3, -0.25) is 67.3 Å². The molecule has 2 aliphatic carbocycles. The summed E-state index contributed by atoms with van der Waals surface area (Å²) in [6.45, 7) is 3.55. The van der Waals surface area contributed by atoms with Crippen molar-refractivity contribution < 1.29 is 29.0 Å². The number of hydrogen-bond acceptors (Lipinski definition) is 16. The number of Topliss-reactive ketones (excluding diaryl/α,β-unsaturated/α-hetero) is 1. The Morgan fingerprint density at radius 3 is 1.42 bits per heavy atom. The van der Waals surface area contributed by atoms with E-state index in [9.17, 15) is 58.6 Å². The van der Waals surface area contributed by atoms with Gasteiger partial charge in [-0.15, -0.1) is 12.6 Å². The van der Waals surface area contributed by atoms with E-state index in [0.717, 1.165) is 37.9 Å². The molecule has 0 unspecified atom stereocenters. The zero-order valence-corrected chi connectivity index (χ0v) is 36.3. The normalized spacial score (nSPS) is 12.8. The number of nitrogens with zero attached hydrogens (tertiary/aromatic N) is 8. The van der Waals surface area contributed by atoms with Crippen LogP contribution < -0.4 is 22.5 Å². The Balaban J connectivity index is 0.000000182. The molecule has 0 amide bonds. The van der Waals surface area contributed by atoms with Crippen LogP contribution in [0.5, 0.6) is 0 Å². The molecule has 326 valence electrons. The second-order valence-corrected chi connectivity index (χ2v) is 15.7. The maximum Gasteiger partial charge on any atom is 0.332 e. The fourth-order valence-electron chi connectivity index (χ4n) is 6.90. The molecule has 0 radical (unpaired) electrons. The molecule has 8 rings (SSSR count). The highest BCUT2D eigenvalue weighted by Gasteiger charge is 2.34. The standard InChI is InChI=1S/C21H16N4O6S.C15H13N3O4.C6H5NO2S/c1-4-12-15-16(17-19(22-12)23(2)21(29)24(3)20(17)28)13(26)9-14(18(15)27)32-11-7-5-10(6-8-11)25(30)31;1-4-7-10-8(19)5-6-9(20)11(10)12-13(16-7)17(2)15(22)18(3)14(12)21;8-7(9)5-1-3-6(10)4-2-5/h5-9H,4H2,1-3H3;5-6H,4H2,1-3H3;1-4,10H. The topological polar surface area (TPSA) is 268 Å². The van der Waals surface area contributed by atoms with Gasteiger partial charge in [0, 0.05) is 68.3 Å². The van der Waals surface area contributed by atoms with Crippen molar-refractivity contribution in [2.75, 3.05) is 0 Å². The van der Waals surface area contributed by atoms with Crippen LogP contribution in [0.1, 0.15) is 66.7 Å². The van der Waals surface area contributed by atoms with E-state index in [1.54, 1.807) is 26.0 Å². The van der Waals surface area contributed by atoms with Crippen LogP contribution in [0.4, 0.5) is 11.4 Å². The van der Waals surface area contributed by atoms with Gasteiger partial charge in [-0.05, 0) is 49.3 Å². The van der Waals surface area contributed by atoms with E-state index in [-0.39, 0.29) is 66.4 Å². The van der Waals surface area contributed by atoms with E-state index in [1.807, 2.05) is 0 Å². The number of carbonyl (C=O) groups is 4. The fraction of sp³-hybridized carbons (Fsp3) is 0.190. The Bertz CT molecular complexity index is 3380. The van der Waals surface area contributed by atoms with Crippen LogP contribution in [0.15, 0.2) is 101 Å². The Morgan fingerprint density at radius 2 is 0.984 bits per heavy atom. The number of non-ortho nitro benzene ring substituents is 2. The van der Waals surface area contributed by atoms with Crippen molar-refractivity contribution in [3.63, 3.8) is 0 Å². The quantitative estimate of drug-likeness (QED) is 0.140. The van der Waals surface area contributed by atoms with Gasteiger partial charge in [-0.1, -0.05) is 25.6 Å². The van der Waals surface area contributed by atoms with Gasteiger partial charge in [0.05, 0.1) is 59.2 Å². The van der Waals surface area contributed by atoms with Crippen molar-refractivity contribution >= 4 is 81.0 Å². The third-order valence-electron chi connectivity index (χ3n) is 10.2. The molecule has 2 aromatic carbocycles. The summed E-state index contributed by atoms with van der Waals surface area (Å²) in [5.41, 5.74) is -1.34. The first-order chi connectivity index (χ1) is 30.2. The van der Waals surface area contributed by atoms with Gasteiger partial charge in [-0.2, -0.15) is 0 Å². The molecule has 0 bridgehead atoms. The predicted octanol–water partition coefficient (Wildman–Crippen LogP) is 4.17. The minimum Gasteiger partial charge on any atom is -0.289 e. The molecular formula is C42H34N8O12S2. The lowest BCUT2D eigenvalue weighted by Gasteiger charge is -2.20. The smallest absolute Gasteiger partial charge is 0.289 e. The number of nitro groups is 2. The molecule has 4 heterocycles. The molecule has 0 saturated carbocycles. The average molecular weight is 907 g/mol. The van der Waals surface area contributed by atoms with Crippen molar-refractivity contribution in [3.05, 3.63) is 167 Å². The SMILES string of the molecule is CCc1nc2c(c3c1C(=O)C(Sc1ccc([N+](=O)[O-])cc1)=CC3=O)c(=O)n(C)c(=O)n2C.CCc1nc2c(c3c1C(=O)C=CC3=O)c(=O)n(C)c(=O)n2C.O=[N+]([O-])c1ccc(S)cc1. The molecule has 4 aromatic heterocycles. The van der Waals surface area contributed by atoms with Crippen molar-refractivity contribution in [3.8, 4) is 0 Å². The van der Waals surface area contributed by atoms with Crippen LogP contribution in [0.2, 0.25) is 0 Å². The number of rotatable bonds is 6. The Morgan fingerprint density at radius 1 is 0.578 bits per heavy atom. The Kier molecular flexibility index (Phi) is 12.8. The van der Waals surface area contributed by atoms with Gasteiger partial charge in [0.2, 0.25) is 5.78 Å². The second kappa shape index (κ2) is 17.9. The number of thiol groups is 1. The van der Waals surface area contributed by atoms with Crippen molar-refractivity contribution in [1.29, 1.82) is 0 Å². The summed E-state index contributed by atoms with van der Waals surface area (Å²) < 4.78 is 4.18. The third-order valence-corrected chi connectivity index (χ3v) is 11.5. The van der Waals surface area contributed by atoms with Crippen LogP contribution in [0.3, 0.4) is 0 Å². The van der Waals surface area contributed by atoms with Gasteiger partial charge in [0.15, 0.2) is 17.3 Å². The lowest BCUT2D eigenvalue weighted by molar-refractivity contribution is -0.385. The highest BCUT2D eigenvalue weighted by Crippen LogP contribution is 2.37. The van der Waals surface area contributed by atoms with Crippen molar-refractivity contribution in [2.24, 2.45) is 28.2 Å². The number of allylic oxidation sites excluding steroid dienone is 4. The summed E-state index contributed by atoms with van der Waals surface area (Å²) >= 11 is 4.98. The molecule has 0 atom stereocenters. The molecule has 0 fully saturated rings. The first-order valence-corrected chi connectivity index (χ1v) is 20.2. The maximum absolute atomic E-state index is 13.3. The zero-order chi connectivity index (χ0) is 47.1. The van der Waals surface area contributed by atoms with Gasteiger partial charge < -0.3 is 0 Å². The lowest BCUT2D eigenvalue weighted by Crippen LogP contribution is -2.39. The minimum absolute atomic E-state index is 0.0134. The summed E-state index contributed by atoms with van der Waals surface area (Å²) in [7, 11) is 5.55. The minimum atomic E-state index is -0.699. The first-order valence-electron chi connectivity index (χ1n) is 18.9. The summed E-state index contributed by atoms with van der Waals surface area (Å²) in [6.07, 6.45) is 4.20. The molecular weight excluding hydrogens is 873 g/mol. The van der Waals surface area contributed by atoms with Crippen LogP contribution in [0, 0.1) is 20.2 Å². The van der Waals surface area contributed by atoms with Crippen LogP contribution in [-0.4, -0.2) is 61.2 Å². The maximum atomic E-state index is 13.3. The van der Waals surface area contributed by atoms with Crippen LogP contribution in [-0.2, 0) is 41.0 Å². The van der Waals surface area contributed by atoms with E-state index in [0.29, 0.717) is 29.1 Å². The van der Waals surface area contributed by atoms with E-state index >= 15 is 0 Å². The molecule has 2 aliphatic rings. The summed E-state index contributed by atoms with van der Waals surface area (Å²) in [5.74, 6) is -1.78. The number of ketones is 4. The number of hydrogen-bond donors (Lipinski definition) is 1. The van der Waals surface area contributed by atoms with Crippen LogP contribution in [0.25, 0.3) is 22.1 Å². The summed E-state index contributed by atoms with van der Waals surface area (Å²) in [5, 5.41) is 20.9. The molecule has 6 aromatic rings. The summed E-state index contributed by atoms with van der Waals surface area (Å²) in [4.78, 5) is 131. The third kappa shape index (κ3) is 8.18. The zero-order valence-electron chi connectivity index (χ0n) is 34.6. The van der Waals surface area contributed by atoms with E-state index in [4.69, 9.17) is 0 Å².